The number of hydrogen-bond acceptors (Lipinski definition) is 6. The quantitative estimate of drug-likeness (QED) is 0.549. The number of halogens is 1. The summed E-state index contributed by atoms with van der Waals surface area (Å²) in [6.07, 6.45) is 1.70. The molecule has 1 aliphatic heterocycles. The molecule has 2 atom stereocenters. The number of carbonyl (C=O) groups is 2. The third-order valence-electron chi connectivity index (χ3n) is 6.09. The van der Waals surface area contributed by atoms with E-state index in [-0.39, 0.29) is 24.5 Å². The average Bonchev–Trinajstić information content (AvgIpc) is 3.03. The number of nitrogens with zero attached hydrogens (tertiary/aromatic N) is 1. The number of ether oxygens (including phenoxy) is 2. The minimum absolute atomic E-state index is 0.0199. The van der Waals surface area contributed by atoms with Crippen LogP contribution < -0.4 is 19.5 Å². The second-order valence-electron chi connectivity index (χ2n) is 8.36. The summed E-state index contributed by atoms with van der Waals surface area (Å²) >= 11 is 0. The van der Waals surface area contributed by atoms with Crippen LogP contribution in [0.3, 0.4) is 0 Å². The van der Waals surface area contributed by atoms with E-state index < -0.39 is 39.4 Å². The highest BCUT2D eigenvalue weighted by atomic mass is 32.2. The summed E-state index contributed by atoms with van der Waals surface area (Å²) in [4.78, 5) is 26.9. The monoisotopic (exact) mass is 491 g/mol. The molecule has 2 aliphatic rings. The molecule has 34 heavy (non-hydrogen) atoms. The van der Waals surface area contributed by atoms with Gasteiger partial charge in [0, 0.05) is 6.04 Å². The third-order valence-corrected chi connectivity index (χ3v) is 7.62. The van der Waals surface area contributed by atoms with Gasteiger partial charge in [-0.3, -0.25) is 9.69 Å². The van der Waals surface area contributed by atoms with Crippen LogP contribution in [0.4, 0.5) is 9.18 Å². The van der Waals surface area contributed by atoms with Crippen molar-refractivity contribution >= 4 is 22.0 Å². The topological polar surface area (TPSA) is 114 Å². The summed E-state index contributed by atoms with van der Waals surface area (Å²) in [5.74, 6) is 0.179. The van der Waals surface area contributed by atoms with Crippen molar-refractivity contribution in [3.05, 3.63) is 54.3 Å². The van der Waals surface area contributed by atoms with Crippen LogP contribution in [-0.4, -0.2) is 57.1 Å². The highest BCUT2D eigenvalue weighted by Crippen LogP contribution is 2.34. The number of rotatable bonds is 8. The number of methoxy groups -OCH3 is 1. The average molecular weight is 492 g/mol. The van der Waals surface area contributed by atoms with Crippen LogP contribution in [0.2, 0.25) is 0 Å². The minimum Gasteiger partial charge on any atom is -0.497 e. The molecule has 4 rings (SSSR count). The van der Waals surface area contributed by atoms with Crippen molar-refractivity contribution in [3.8, 4) is 11.5 Å². The zero-order valence-corrected chi connectivity index (χ0v) is 19.4. The zero-order valence-electron chi connectivity index (χ0n) is 18.6. The van der Waals surface area contributed by atoms with Crippen molar-refractivity contribution in [1.82, 2.24) is 14.9 Å². The Kier molecular flexibility index (Phi) is 6.76. The molecule has 0 bridgehead atoms. The first-order chi connectivity index (χ1) is 16.2. The molecule has 182 valence electrons. The van der Waals surface area contributed by atoms with Gasteiger partial charge in [-0.25, -0.2) is 22.3 Å². The van der Waals surface area contributed by atoms with Gasteiger partial charge in [0.25, 0.3) is 5.91 Å². The van der Waals surface area contributed by atoms with Crippen LogP contribution in [0, 0.1) is 5.82 Å². The molecule has 1 heterocycles. The lowest BCUT2D eigenvalue weighted by atomic mass is 9.79. The lowest BCUT2D eigenvalue weighted by Crippen LogP contribution is -2.55. The minimum atomic E-state index is -3.81. The number of sulfonamides is 1. The highest BCUT2D eigenvalue weighted by Gasteiger charge is 2.53. The first-order valence-electron chi connectivity index (χ1n) is 10.9. The van der Waals surface area contributed by atoms with Crippen molar-refractivity contribution in [1.29, 1.82) is 0 Å². The Balaban J connectivity index is 1.39. The van der Waals surface area contributed by atoms with Crippen molar-refractivity contribution in [2.45, 2.75) is 42.2 Å². The van der Waals surface area contributed by atoms with E-state index in [1.807, 2.05) is 0 Å². The van der Waals surface area contributed by atoms with E-state index in [9.17, 15) is 22.4 Å². The molecule has 9 nitrogen and oxygen atoms in total. The lowest BCUT2D eigenvalue weighted by molar-refractivity contribution is -0.132. The van der Waals surface area contributed by atoms with Gasteiger partial charge in [-0.1, -0.05) is 0 Å². The number of amides is 3. The van der Waals surface area contributed by atoms with E-state index in [4.69, 9.17) is 9.47 Å². The van der Waals surface area contributed by atoms with Gasteiger partial charge < -0.3 is 14.8 Å². The van der Waals surface area contributed by atoms with Crippen LogP contribution in [0.15, 0.2) is 53.4 Å². The van der Waals surface area contributed by atoms with Crippen LogP contribution in [0.25, 0.3) is 0 Å². The lowest BCUT2D eigenvalue weighted by Gasteiger charge is -2.36. The fraction of sp³-hybridized carbons (Fsp3) is 0.391. The second kappa shape index (κ2) is 9.59. The predicted molar refractivity (Wildman–Crippen MR) is 120 cm³/mol. The molecule has 2 N–H and O–H groups in total. The normalized spacial score (nSPS) is 22.6. The molecule has 2 unspecified atom stereocenters. The Labute approximate surface area is 197 Å². The molecular formula is C23H26FN3O6S. The largest absolute Gasteiger partial charge is 0.497 e. The summed E-state index contributed by atoms with van der Waals surface area (Å²) < 4.78 is 51.9. The molecule has 0 radical (unpaired) electrons. The molecular weight excluding hydrogens is 465 g/mol. The van der Waals surface area contributed by atoms with Crippen molar-refractivity contribution in [2.75, 3.05) is 20.3 Å². The standard InChI is InChI=1S/C23H26FN3O6S/c1-32-18-8-10-20(11-9-18)34(30,31)26-17-3-2-12-23(15-17)21(28)27(22(29)25-23)13-14-33-19-6-4-16(24)5-7-19/h4-11,17,26H,2-3,12-15H2,1H3,(H,25,29). The van der Waals surface area contributed by atoms with E-state index in [1.165, 1.54) is 43.5 Å². The first kappa shape index (κ1) is 24.0. The maximum Gasteiger partial charge on any atom is 0.325 e. The van der Waals surface area contributed by atoms with Crippen LogP contribution >= 0.6 is 0 Å². The Morgan fingerprint density at radius 2 is 1.79 bits per heavy atom. The highest BCUT2D eigenvalue weighted by molar-refractivity contribution is 7.89. The van der Waals surface area contributed by atoms with Gasteiger partial charge in [0.2, 0.25) is 10.0 Å². The van der Waals surface area contributed by atoms with Gasteiger partial charge in [-0.2, -0.15) is 0 Å². The Morgan fingerprint density at radius 1 is 1.12 bits per heavy atom. The molecule has 11 heteroatoms. The number of benzene rings is 2. The molecule has 0 aromatic heterocycles. The van der Waals surface area contributed by atoms with Crippen LogP contribution in [-0.2, 0) is 14.8 Å². The Bertz CT molecular complexity index is 1160. The molecule has 2 aromatic carbocycles. The van der Waals surface area contributed by atoms with E-state index in [0.717, 1.165) is 4.90 Å². The maximum absolute atomic E-state index is 13.2. The number of imide groups is 1. The summed E-state index contributed by atoms with van der Waals surface area (Å²) in [7, 11) is -2.32. The summed E-state index contributed by atoms with van der Waals surface area (Å²) in [6, 6.07) is 10.4. The second-order valence-corrected chi connectivity index (χ2v) is 10.1. The number of nitrogens with one attached hydrogen (secondary N) is 2. The van der Waals surface area contributed by atoms with Gasteiger partial charge in [0.15, 0.2) is 0 Å². The summed E-state index contributed by atoms with van der Waals surface area (Å²) in [5, 5.41) is 2.78. The molecule has 1 saturated carbocycles. The number of urea groups is 1. The van der Waals surface area contributed by atoms with Crippen molar-refractivity contribution < 1.29 is 31.9 Å². The van der Waals surface area contributed by atoms with Gasteiger partial charge in [0.1, 0.15) is 29.5 Å². The fourth-order valence-electron chi connectivity index (χ4n) is 4.39. The predicted octanol–water partition coefficient (Wildman–Crippen LogP) is 2.42. The molecule has 2 fully saturated rings. The van der Waals surface area contributed by atoms with Crippen LogP contribution in [0.1, 0.15) is 25.7 Å². The molecule has 1 saturated heterocycles. The van der Waals surface area contributed by atoms with E-state index >= 15 is 0 Å². The fourth-order valence-corrected chi connectivity index (χ4v) is 5.66. The molecule has 1 aliphatic carbocycles. The maximum atomic E-state index is 13.2. The Hall–Kier alpha value is -3.18. The smallest absolute Gasteiger partial charge is 0.325 e. The first-order valence-corrected chi connectivity index (χ1v) is 12.4. The molecule has 1 spiro atoms. The molecule has 3 amide bonds. The van der Waals surface area contributed by atoms with Gasteiger partial charge >= 0.3 is 6.03 Å². The van der Waals surface area contributed by atoms with Gasteiger partial charge in [0.05, 0.1) is 18.6 Å². The van der Waals surface area contributed by atoms with Crippen molar-refractivity contribution in [2.24, 2.45) is 0 Å². The van der Waals surface area contributed by atoms with E-state index in [0.29, 0.717) is 30.8 Å². The number of hydrogen-bond donors (Lipinski definition) is 2. The Morgan fingerprint density at radius 3 is 2.47 bits per heavy atom. The SMILES string of the molecule is COc1ccc(S(=O)(=O)NC2CCCC3(C2)NC(=O)N(CCOc2ccc(F)cc2)C3=O)cc1. The number of carbonyl (C=O) groups excluding carboxylic acids is 2. The summed E-state index contributed by atoms with van der Waals surface area (Å²) in [6.45, 7) is 0.0699. The third kappa shape index (κ3) is 5.00. The van der Waals surface area contributed by atoms with Crippen molar-refractivity contribution in [3.63, 3.8) is 0 Å². The van der Waals surface area contributed by atoms with Gasteiger partial charge in [-0.05, 0) is 74.2 Å². The van der Waals surface area contributed by atoms with E-state index in [2.05, 4.69) is 10.0 Å². The van der Waals surface area contributed by atoms with Crippen LogP contribution in [0.5, 0.6) is 11.5 Å². The summed E-state index contributed by atoms with van der Waals surface area (Å²) in [5.41, 5.74) is -1.15. The molecule has 2 aromatic rings. The zero-order chi connectivity index (χ0) is 24.3. The van der Waals surface area contributed by atoms with E-state index in [1.54, 1.807) is 12.1 Å². The van der Waals surface area contributed by atoms with Gasteiger partial charge in [-0.15, -0.1) is 0 Å².